The maximum Gasteiger partial charge on any atom is 0.419 e. The molecule has 0 fully saturated rings. The van der Waals surface area contributed by atoms with Crippen molar-refractivity contribution in [3.8, 4) is 5.75 Å². The summed E-state index contributed by atoms with van der Waals surface area (Å²) in [7, 11) is 1.24. The van der Waals surface area contributed by atoms with Gasteiger partial charge in [0.2, 0.25) is 0 Å². The van der Waals surface area contributed by atoms with E-state index in [0.29, 0.717) is 5.56 Å². The lowest BCUT2D eigenvalue weighted by molar-refractivity contribution is -0.138. The first kappa shape index (κ1) is 10.9. The summed E-state index contributed by atoms with van der Waals surface area (Å²) in [6.45, 7) is 3.39. The standard InChI is InChI=1S/C10H11F3O/c1-6-4-8(10(11,12)13)9(14-3)5-7(6)2/h4-5H,1-3H3. The summed E-state index contributed by atoms with van der Waals surface area (Å²) in [6, 6.07) is 2.51. The van der Waals surface area contributed by atoms with Crippen LogP contribution in [-0.2, 0) is 6.18 Å². The quantitative estimate of drug-likeness (QED) is 0.681. The molecular weight excluding hydrogens is 193 g/mol. The minimum absolute atomic E-state index is 0.124. The second kappa shape index (κ2) is 3.52. The third-order valence-corrected chi connectivity index (χ3v) is 2.12. The maximum absolute atomic E-state index is 12.5. The Bertz CT molecular complexity index is 342. The molecule has 1 aromatic rings. The van der Waals surface area contributed by atoms with E-state index in [2.05, 4.69) is 4.74 Å². The van der Waals surface area contributed by atoms with Crippen LogP contribution in [0.4, 0.5) is 13.2 Å². The summed E-state index contributed by atoms with van der Waals surface area (Å²) in [4.78, 5) is 0. The normalized spacial score (nSPS) is 11.6. The van der Waals surface area contributed by atoms with Gasteiger partial charge >= 0.3 is 6.18 Å². The number of alkyl halides is 3. The molecule has 0 aliphatic heterocycles. The highest BCUT2D eigenvalue weighted by molar-refractivity contribution is 5.43. The summed E-state index contributed by atoms with van der Waals surface area (Å²) in [5.41, 5.74) is 0.677. The van der Waals surface area contributed by atoms with Crippen LogP contribution in [0.2, 0.25) is 0 Å². The average molecular weight is 204 g/mol. The van der Waals surface area contributed by atoms with Gasteiger partial charge in [-0.3, -0.25) is 0 Å². The maximum atomic E-state index is 12.5. The molecule has 1 nitrogen and oxygen atoms in total. The Labute approximate surface area is 80.5 Å². The molecule has 0 saturated heterocycles. The van der Waals surface area contributed by atoms with Crippen molar-refractivity contribution in [3.05, 3.63) is 28.8 Å². The first-order valence-corrected chi connectivity index (χ1v) is 4.08. The second-order valence-electron chi connectivity index (χ2n) is 3.13. The van der Waals surface area contributed by atoms with Gasteiger partial charge in [0, 0.05) is 0 Å². The number of ether oxygens (including phenoxy) is 1. The molecule has 0 heterocycles. The predicted molar refractivity (Wildman–Crippen MR) is 47.5 cm³/mol. The van der Waals surface area contributed by atoms with Crippen molar-refractivity contribution >= 4 is 0 Å². The van der Waals surface area contributed by atoms with Gasteiger partial charge in [-0.15, -0.1) is 0 Å². The fourth-order valence-corrected chi connectivity index (χ4v) is 1.18. The lowest BCUT2D eigenvalue weighted by Crippen LogP contribution is -2.08. The van der Waals surface area contributed by atoms with E-state index in [-0.39, 0.29) is 5.75 Å². The number of methoxy groups -OCH3 is 1. The molecule has 0 atom stereocenters. The lowest BCUT2D eigenvalue weighted by atomic mass is 10.0. The zero-order valence-corrected chi connectivity index (χ0v) is 8.20. The molecule has 1 rings (SSSR count). The van der Waals surface area contributed by atoms with Crippen molar-refractivity contribution in [2.24, 2.45) is 0 Å². The Morgan fingerprint density at radius 3 is 2.00 bits per heavy atom. The summed E-state index contributed by atoms with van der Waals surface area (Å²) in [5.74, 6) is -0.124. The van der Waals surface area contributed by atoms with E-state index in [1.54, 1.807) is 13.8 Å². The SMILES string of the molecule is COc1cc(C)c(C)cc1C(F)(F)F. The van der Waals surface area contributed by atoms with Crippen LogP contribution in [0.25, 0.3) is 0 Å². The van der Waals surface area contributed by atoms with E-state index in [9.17, 15) is 13.2 Å². The summed E-state index contributed by atoms with van der Waals surface area (Å²) >= 11 is 0. The van der Waals surface area contributed by atoms with E-state index in [1.807, 2.05) is 0 Å². The van der Waals surface area contributed by atoms with Crippen LogP contribution in [0.3, 0.4) is 0 Å². The van der Waals surface area contributed by atoms with Gasteiger partial charge in [0.25, 0.3) is 0 Å². The molecule has 0 radical (unpaired) electrons. The molecule has 0 bridgehead atoms. The molecule has 0 saturated carbocycles. The Morgan fingerprint density at radius 1 is 1.07 bits per heavy atom. The average Bonchev–Trinajstić information content (AvgIpc) is 2.07. The number of aryl methyl sites for hydroxylation is 2. The van der Waals surface area contributed by atoms with Crippen molar-refractivity contribution < 1.29 is 17.9 Å². The van der Waals surface area contributed by atoms with Crippen LogP contribution in [0.15, 0.2) is 12.1 Å². The molecular formula is C10H11F3O. The Morgan fingerprint density at radius 2 is 1.57 bits per heavy atom. The van der Waals surface area contributed by atoms with E-state index in [4.69, 9.17) is 0 Å². The third-order valence-electron chi connectivity index (χ3n) is 2.12. The van der Waals surface area contributed by atoms with Crippen molar-refractivity contribution in [1.82, 2.24) is 0 Å². The predicted octanol–water partition coefficient (Wildman–Crippen LogP) is 3.33. The Balaban J connectivity index is 3.35. The molecule has 4 heteroatoms. The lowest BCUT2D eigenvalue weighted by Gasteiger charge is -2.13. The van der Waals surface area contributed by atoms with Crippen LogP contribution in [0, 0.1) is 13.8 Å². The molecule has 78 valence electrons. The minimum atomic E-state index is -4.36. The van der Waals surface area contributed by atoms with E-state index >= 15 is 0 Å². The number of hydrogen-bond donors (Lipinski definition) is 0. The third kappa shape index (κ3) is 2.00. The first-order chi connectivity index (χ1) is 6.36. The van der Waals surface area contributed by atoms with Gasteiger partial charge in [0.05, 0.1) is 12.7 Å². The molecule has 1 aromatic carbocycles. The van der Waals surface area contributed by atoms with Gasteiger partial charge in [-0.1, -0.05) is 0 Å². The Hall–Kier alpha value is -1.19. The van der Waals surface area contributed by atoms with Gasteiger partial charge < -0.3 is 4.74 Å². The second-order valence-corrected chi connectivity index (χ2v) is 3.13. The molecule has 0 aliphatic rings. The van der Waals surface area contributed by atoms with Gasteiger partial charge in [0.15, 0.2) is 0 Å². The van der Waals surface area contributed by atoms with Crippen LogP contribution in [0.5, 0.6) is 5.75 Å². The van der Waals surface area contributed by atoms with Gasteiger partial charge in [-0.25, -0.2) is 0 Å². The van der Waals surface area contributed by atoms with E-state index < -0.39 is 11.7 Å². The fourth-order valence-electron chi connectivity index (χ4n) is 1.18. The van der Waals surface area contributed by atoms with Gasteiger partial charge in [0.1, 0.15) is 5.75 Å². The number of hydrogen-bond acceptors (Lipinski definition) is 1. The van der Waals surface area contributed by atoms with E-state index in [1.165, 1.54) is 13.2 Å². The van der Waals surface area contributed by atoms with Crippen LogP contribution in [-0.4, -0.2) is 7.11 Å². The van der Waals surface area contributed by atoms with Crippen molar-refractivity contribution in [3.63, 3.8) is 0 Å². The van der Waals surface area contributed by atoms with Crippen molar-refractivity contribution in [1.29, 1.82) is 0 Å². The van der Waals surface area contributed by atoms with Crippen LogP contribution >= 0.6 is 0 Å². The summed E-state index contributed by atoms with van der Waals surface area (Å²) in [5, 5.41) is 0. The van der Waals surface area contributed by atoms with Crippen molar-refractivity contribution in [2.75, 3.05) is 7.11 Å². The highest BCUT2D eigenvalue weighted by Crippen LogP contribution is 2.37. The monoisotopic (exact) mass is 204 g/mol. The first-order valence-electron chi connectivity index (χ1n) is 4.08. The number of benzene rings is 1. The minimum Gasteiger partial charge on any atom is -0.496 e. The molecule has 0 N–H and O–H groups in total. The fraction of sp³-hybridized carbons (Fsp3) is 0.400. The number of halogens is 3. The zero-order valence-electron chi connectivity index (χ0n) is 8.20. The topological polar surface area (TPSA) is 9.23 Å². The van der Waals surface area contributed by atoms with Crippen LogP contribution < -0.4 is 4.74 Å². The molecule has 0 aromatic heterocycles. The van der Waals surface area contributed by atoms with Crippen molar-refractivity contribution in [2.45, 2.75) is 20.0 Å². The summed E-state index contributed by atoms with van der Waals surface area (Å²) < 4.78 is 42.1. The Kier molecular flexibility index (Phi) is 2.73. The van der Waals surface area contributed by atoms with Crippen LogP contribution in [0.1, 0.15) is 16.7 Å². The summed E-state index contributed by atoms with van der Waals surface area (Å²) in [6.07, 6.45) is -4.36. The molecule has 0 amide bonds. The van der Waals surface area contributed by atoms with E-state index in [0.717, 1.165) is 11.6 Å². The van der Waals surface area contributed by atoms with Gasteiger partial charge in [-0.2, -0.15) is 13.2 Å². The molecule has 0 spiro atoms. The molecule has 0 aliphatic carbocycles. The zero-order chi connectivity index (χ0) is 10.9. The highest BCUT2D eigenvalue weighted by Gasteiger charge is 2.34. The highest BCUT2D eigenvalue weighted by atomic mass is 19.4. The smallest absolute Gasteiger partial charge is 0.419 e. The molecule has 14 heavy (non-hydrogen) atoms. The number of rotatable bonds is 1. The molecule has 0 unspecified atom stereocenters. The largest absolute Gasteiger partial charge is 0.496 e. The van der Waals surface area contributed by atoms with Gasteiger partial charge in [-0.05, 0) is 37.1 Å².